The molecule has 0 radical (unpaired) electrons. The highest BCUT2D eigenvalue weighted by Gasteiger charge is 2.51. The standard InChI is InChI=1S/C39H51ClN4O7/c1-3-4-5-6-7-8-9-10-11-12-13-14-15-19-26-50-38(48)29-22-23-31(40)32(27-29)42-36(46)34(43-37(47)28(2)51-39(43)49)35(45)33-24-25-41-44(33)30-20-17-16-18-21-30/h16-18,20-23,25,27-28,33-34H,3-15,19,24,26H2,1-2H3,(H,42,46). The highest BCUT2D eigenvalue weighted by Crippen LogP contribution is 2.29. The third kappa shape index (κ3) is 11.4. The zero-order chi connectivity index (χ0) is 36.6. The number of ether oxygens (including phenoxy) is 2. The van der Waals surface area contributed by atoms with E-state index in [2.05, 4.69) is 17.3 Å². The third-order valence-corrected chi connectivity index (χ3v) is 9.54. The van der Waals surface area contributed by atoms with E-state index in [0.29, 0.717) is 10.6 Å². The number of halogens is 1. The van der Waals surface area contributed by atoms with Gasteiger partial charge in [0.05, 0.1) is 28.6 Å². The van der Waals surface area contributed by atoms with Gasteiger partial charge in [0.25, 0.3) is 11.8 Å². The molecule has 51 heavy (non-hydrogen) atoms. The number of nitrogens with one attached hydrogen (secondary N) is 1. The van der Waals surface area contributed by atoms with Crippen LogP contribution in [0.2, 0.25) is 5.02 Å². The van der Waals surface area contributed by atoms with Gasteiger partial charge in [0.15, 0.2) is 17.9 Å². The molecule has 0 aliphatic carbocycles. The number of rotatable bonds is 22. The summed E-state index contributed by atoms with van der Waals surface area (Å²) in [6.45, 7) is 3.87. The molecule has 12 heteroatoms. The summed E-state index contributed by atoms with van der Waals surface area (Å²) in [6, 6.07) is 10.2. The molecule has 1 saturated heterocycles. The number of hydrogen-bond acceptors (Lipinski definition) is 9. The molecule has 3 amide bonds. The number of ketones is 1. The first kappa shape index (κ1) is 39.5. The van der Waals surface area contributed by atoms with Gasteiger partial charge in [-0.2, -0.15) is 5.10 Å². The van der Waals surface area contributed by atoms with Gasteiger partial charge in [0, 0.05) is 12.6 Å². The highest BCUT2D eigenvalue weighted by atomic mass is 35.5. The van der Waals surface area contributed by atoms with E-state index in [-0.39, 0.29) is 29.3 Å². The number of cyclic esters (lactones) is 1. The van der Waals surface area contributed by atoms with E-state index in [4.69, 9.17) is 21.1 Å². The van der Waals surface area contributed by atoms with Crippen LogP contribution < -0.4 is 10.3 Å². The van der Waals surface area contributed by atoms with Gasteiger partial charge in [-0.05, 0) is 43.7 Å². The average Bonchev–Trinajstić information content (AvgIpc) is 3.72. The molecule has 0 spiro atoms. The second-order valence-corrected chi connectivity index (χ2v) is 13.6. The Morgan fingerprint density at radius 2 is 1.51 bits per heavy atom. The minimum Gasteiger partial charge on any atom is -0.462 e. The summed E-state index contributed by atoms with van der Waals surface area (Å²) in [7, 11) is 0. The Hall–Kier alpha value is -4.25. The summed E-state index contributed by atoms with van der Waals surface area (Å²) in [4.78, 5) is 67.0. The van der Waals surface area contributed by atoms with Crippen LogP contribution in [-0.2, 0) is 23.9 Å². The van der Waals surface area contributed by atoms with Gasteiger partial charge in [-0.25, -0.2) is 14.5 Å². The van der Waals surface area contributed by atoms with Crippen LogP contribution in [0.15, 0.2) is 53.6 Å². The lowest BCUT2D eigenvalue weighted by Gasteiger charge is -2.29. The zero-order valence-corrected chi connectivity index (χ0v) is 30.6. The number of carbonyl (C=O) groups is 5. The Morgan fingerprint density at radius 1 is 0.902 bits per heavy atom. The molecule has 11 nitrogen and oxygen atoms in total. The first-order valence-electron chi connectivity index (χ1n) is 18.4. The normalized spacial score (nSPS) is 17.5. The van der Waals surface area contributed by atoms with Crippen molar-refractivity contribution in [2.45, 2.75) is 128 Å². The van der Waals surface area contributed by atoms with Gasteiger partial charge in [0.2, 0.25) is 0 Å². The molecule has 1 N–H and O–H groups in total. The van der Waals surface area contributed by atoms with Crippen molar-refractivity contribution in [2.75, 3.05) is 16.9 Å². The molecule has 2 aliphatic heterocycles. The first-order valence-corrected chi connectivity index (χ1v) is 18.8. The van der Waals surface area contributed by atoms with E-state index >= 15 is 0 Å². The Labute approximate surface area is 306 Å². The van der Waals surface area contributed by atoms with Crippen molar-refractivity contribution >= 4 is 58.9 Å². The minimum atomic E-state index is -1.89. The van der Waals surface area contributed by atoms with Gasteiger partial charge in [-0.1, -0.05) is 120 Å². The third-order valence-electron chi connectivity index (χ3n) is 9.21. The first-order chi connectivity index (χ1) is 24.7. The predicted molar refractivity (Wildman–Crippen MR) is 198 cm³/mol. The lowest BCUT2D eigenvalue weighted by atomic mass is 9.99. The highest BCUT2D eigenvalue weighted by molar-refractivity contribution is 6.34. The number of unbranched alkanes of at least 4 members (excludes halogenated alkanes) is 13. The smallest absolute Gasteiger partial charge is 0.418 e. The molecular formula is C39H51ClN4O7. The molecule has 3 unspecified atom stereocenters. The number of Topliss-reactive ketones (excluding diaryl/α,β-unsaturated/α-hetero) is 1. The summed E-state index contributed by atoms with van der Waals surface area (Å²) >= 11 is 6.39. The lowest BCUT2D eigenvalue weighted by molar-refractivity contribution is -0.141. The average molecular weight is 723 g/mol. The number of hydrazone groups is 1. The molecule has 2 aliphatic rings. The quantitative estimate of drug-likeness (QED) is 0.0727. The van der Waals surface area contributed by atoms with Crippen LogP contribution in [0.25, 0.3) is 0 Å². The maximum Gasteiger partial charge on any atom is 0.418 e. The van der Waals surface area contributed by atoms with E-state index in [1.807, 2.05) is 6.07 Å². The summed E-state index contributed by atoms with van der Waals surface area (Å²) in [6.07, 6.45) is 16.6. The van der Waals surface area contributed by atoms with Crippen molar-refractivity contribution < 1.29 is 33.4 Å². The second-order valence-electron chi connectivity index (χ2n) is 13.2. The minimum absolute atomic E-state index is 0.0149. The van der Waals surface area contributed by atoms with Crippen molar-refractivity contribution in [3.8, 4) is 0 Å². The fourth-order valence-corrected chi connectivity index (χ4v) is 6.47. The fraction of sp³-hybridized carbons (Fsp3) is 0.538. The number of esters is 1. The number of nitrogens with zero attached hydrogens (tertiary/aromatic N) is 3. The number of hydrogen-bond donors (Lipinski definition) is 1. The van der Waals surface area contributed by atoms with E-state index in [1.165, 1.54) is 107 Å². The van der Waals surface area contributed by atoms with Crippen LogP contribution in [0.3, 0.4) is 0 Å². The van der Waals surface area contributed by atoms with Crippen molar-refractivity contribution in [1.29, 1.82) is 0 Å². The van der Waals surface area contributed by atoms with E-state index in [9.17, 15) is 24.0 Å². The van der Waals surface area contributed by atoms with Crippen molar-refractivity contribution in [3.05, 3.63) is 59.1 Å². The topological polar surface area (TPSA) is 135 Å². The van der Waals surface area contributed by atoms with Crippen LogP contribution in [0.1, 0.15) is 121 Å². The molecule has 4 rings (SSSR count). The molecule has 0 aromatic heterocycles. The molecule has 1 fully saturated rings. The maximum atomic E-state index is 14.0. The Balaban J connectivity index is 1.29. The summed E-state index contributed by atoms with van der Waals surface area (Å²) in [5.41, 5.74) is 0.754. The predicted octanol–water partition coefficient (Wildman–Crippen LogP) is 8.49. The number of carbonyl (C=O) groups excluding carboxylic acids is 5. The monoisotopic (exact) mass is 722 g/mol. The van der Waals surface area contributed by atoms with Crippen molar-refractivity contribution in [3.63, 3.8) is 0 Å². The maximum absolute atomic E-state index is 14.0. The van der Waals surface area contributed by atoms with Gasteiger partial charge in [0.1, 0.15) is 6.04 Å². The van der Waals surface area contributed by atoms with Gasteiger partial charge in [-0.3, -0.25) is 19.4 Å². The van der Waals surface area contributed by atoms with Crippen molar-refractivity contribution in [2.24, 2.45) is 5.10 Å². The molecule has 0 saturated carbocycles. The fourth-order valence-electron chi connectivity index (χ4n) is 6.31. The Kier molecular flexibility index (Phi) is 15.9. The zero-order valence-electron chi connectivity index (χ0n) is 29.8. The molecule has 2 heterocycles. The molecule has 2 aromatic rings. The van der Waals surface area contributed by atoms with E-state index in [0.717, 1.165) is 19.3 Å². The van der Waals surface area contributed by atoms with Gasteiger partial charge < -0.3 is 14.8 Å². The number of anilines is 2. The number of benzene rings is 2. The van der Waals surface area contributed by atoms with Crippen LogP contribution >= 0.6 is 11.6 Å². The molecule has 276 valence electrons. The molecular weight excluding hydrogens is 672 g/mol. The number of para-hydroxylation sites is 1. The van der Waals surface area contributed by atoms with E-state index in [1.54, 1.807) is 24.3 Å². The van der Waals surface area contributed by atoms with Crippen LogP contribution in [0.5, 0.6) is 0 Å². The van der Waals surface area contributed by atoms with E-state index < -0.39 is 47.8 Å². The molecule has 0 bridgehead atoms. The molecule has 3 atom stereocenters. The summed E-state index contributed by atoms with van der Waals surface area (Å²) in [5.74, 6) is -3.15. The number of imide groups is 1. The largest absolute Gasteiger partial charge is 0.462 e. The van der Waals surface area contributed by atoms with Gasteiger partial charge in [-0.15, -0.1) is 0 Å². The number of amides is 3. The Morgan fingerprint density at radius 3 is 2.10 bits per heavy atom. The lowest BCUT2D eigenvalue weighted by Crippen LogP contribution is -2.56. The van der Waals surface area contributed by atoms with Crippen LogP contribution in [0.4, 0.5) is 16.2 Å². The van der Waals surface area contributed by atoms with Crippen molar-refractivity contribution in [1.82, 2.24) is 4.90 Å². The summed E-state index contributed by atoms with van der Waals surface area (Å²) in [5, 5.41) is 8.38. The molecule has 2 aromatic carbocycles. The van der Waals surface area contributed by atoms with Crippen LogP contribution in [-0.4, -0.2) is 65.6 Å². The Bertz CT molecular complexity index is 1520. The van der Waals surface area contributed by atoms with Crippen LogP contribution in [0, 0.1) is 0 Å². The summed E-state index contributed by atoms with van der Waals surface area (Å²) < 4.78 is 10.5. The second kappa shape index (κ2) is 20.6. The van der Waals surface area contributed by atoms with Gasteiger partial charge >= 0.3 is 12.1 Å². The SMILES string of the molecule is CCCCCCCCCCCCCCCCOC(=O)c1ccc(Cl)c(NC(=O)C(C(=O)C2CC=NN2c2ccccc2)N2C(=O)OC(C)C2=O)c1.